The monoisotopic (exact) mass is 519 g/mol. The Morgan fingerprint density at radius 2 is 1.72 bits per heavy atom. The SMILES string of the molecule is C[C@@H]1CCC[C@H](C)N1C(=O)COc1ccc(C(=O)NNS(=O)(=O)C[C@]23CC[C@H](CC2=O)C3(C)C)cc1. The summed E-state index contributed by atoms with van der Waals surface area (Å²) in [7, 11) is -3.93. The van der Waals surface area contributed by atoms with E-state index in [1.165, 1.54) is 12.1 Å². The summed E-state index contributed by atoms with van der Waals surface area (Å²) in [5.74, 6) is -0.387. The molecule has 1 aliphatic heterocycles. The average Bonchev–Trinajstić information content (AvgIpc) is 3.15. The van der Waals surface area contributed by atoms with Gasteiger partial charge in [-0.2, -0.15) is 0 Å². The summed E-state index contributed by atoms with van der Waals surface area (Å²) in [5.41, 5.74) is 1.18. The lowest BCUT2D eigenvalue weighted by molar-refractivity contribution is -0.139. The van der Waals surface area contributed by atoms with Crippen LogP contribution in [0.3, 0.4) is 0 Å². The second kappa shape index (κ2) is 9.78. The fourth-order valence-electron chi connectivity index (χ4n) is 6.50. The first-order valence-electron chi connectivity index (χ1n) is 12.7. The molecule has 0 spiro atoms. The van der Waals surface area contributed by atoms with E-state index in [0.717, 1.165) is 25.7 Å². The number of fused-ring (bicyclic) bond motifs is 2. The van der Waals surface area contributed by atoms with Crippen LogP contribution in [0.25, 0.3) is 0 Å². The van der Waals surface area contributed by atoms with Crippen LogP contribution in [-0.4, -0.2) is 55.4 Å². The van der Waals surface area contributed by atoms with Gasteiger partial charge in [-0.3, -0.25) is 19.8 Å². The topological polar surface area (TPSA) is 122 Å². The standard InChI is InChI=1S/C26H37N3O6S/c1-17-6-5-7-18(2)29(17)23(31)15-35-21-10-8-19(9-11-21)24(32)27-28-36(33,34)16-26-13-12-20(14-22(26)30)25(26,3)4/h8-11,17-18,20,28H,5-7,12-16H2,1-4H3,(H,27,32)/t17-,18+,20-,26-/m1/s1. The number of hydrogen-bond acceptors (Lipinski definition) is 6. The maximum atomic E-state index is 12.8. The quantitative estimate of drug-likeness (QED) is 0.510. The van der Waals surface area contributed by atoms with Gasteiger partial charge in [0.05, 0.1) is 5.75 Å². The molecule has 4 atom stereocenters. The van der Waals surface area contributed by atoms with Crippen LogP contribution in [0.1, 0.15) is 76.6 Å². The van der Waals surface area contributed by atoms with Crippen molar-refractivity contribution in [2.24, 2.45) is 16.7 Å². The molecule has 1 saturated heterocycles. The van der Waals surface area contributed by atoms with Gasteiger partial charge in [0.25, 0.3) is 11.8 Å². The van der Waals surface area contributed by atoms with E-state index < -0.39 is 21.3 Å². The van der Waals surface area contributed by atoms with Gasteiger partial charge in [0.15, 0.2) is 6.61 Å². The number of likely N-dealkylation sites (tertiary alicyclic amines) is 1. The summed E-state index contributed by atoms with van der Waals surface area (Å²) in [6, 6.07) is 6.51. The summed E-state index contributed by atoms with van der Waals surface area (Å²) in [4.78, 5) is 41.8. The molecule has 3 fully saturated rings. The Hall–Kier alpha value is -2.46. The highest BCUT2D eigenvalue weighted by Crippen LogP contribution is 2.64. The Balaban J connectivity index is 1.30. The summed E-state index contributed by atoms with van der Waals surface area (Å²) >= 11 is 0. The number of benzene rings is 1. The van der Waals surface area contributed by atoms with Gasteiger partial charge in [0.1, 0.15) is 11.5 Å². The van der Waals surface area contributed by atoms with E-state index in [1.54, 1.807) is 12.1 Å². The molecule has 0 aromatic heterocycles. The number of nitrogens with zero attached hydrogens (tertiary/aromatic N) is 1. The predicted molar refractivity (Wildman–Crippen MR) is 135 cm³/mol. The molecule has 1 aromatic rings. The summed E-state index contributed by atoms with van der Waals surface area (Å²) in [6.45, 7) is 7.94. The van der Waals surface area contributed by atoms with Gasteiger partial charge in [-0.15, -0.1) is 4.83 Å². The second-order valence-electron chi connectivity index (χ2n) is 11.2. The number of amides is 2. The van der Waals surface area contributed by atoms with E-state index in [1.807, 2.05) is 32.6 Å². The molecule has 4 rings (SSSR count). The minimum absolute atomic E-state index is 0.00118. The number of Topliss-reactive ketones (excluding diaryl/α,β-unsaturated/α-hetero) is 1. The Bertz CT molecular complexity index is 1120. The molecule has 0 radical (unpaired) electrons. The number of hydrogen-bond donors (Lipinski definition) is 2. The highest BCUT2D eigenvalue weighted by molar-refractivity contribution is 7.89. The number of hydrazine groups is 1. The predicted octanol–water partition coefficient (Wildman–Crippen LogP) is 2.81. The Morgan fingerprint density at radius 1 is 1.08 bits per heavy atom. The molecule has 10 heteroatoms. The molecule has 9 nitrogen and oxygen atoms in total. The number of ketones is 1. The van der Waals surface area contributed by atoms with Gasteiger partial charge in [-0.1, -0.05) is 13.8 Å². The molecule has 2 bridgehead atoms. The van der Waals surface area contributed by atoms with Gasteiger partial charge >= 0.3 is 0 Å². The summed E-state index contributed by atoms with van der Waals surface area (Å²) < 4.78 is 31.2. The molecule has 2 aliphatic carbocycles. The van der Waals surface area contributed by atoms with Crippen LogP contribution in [0.2, 0.25) is 0 Å². The van der Waals surface area contributed by atoms with Crippen LogP contribution in [0, 0.1) is 16.7 Å². The van der Waals surface area contributed by atoms with Crippen LogP contribution in [0.5, 0.6) is 5.75 Å². The van der Waals surface area contributed by atoms with Crippen molar-refractivity contribution in [3.05, 3.63) is 29.8 Å². The molecule has 0 unspecified atom stereocenters. The zero-order valence-electron chi connectivity index (χ0n) is 21.5. The smallest absolute Gasteiger partial charge is 0.266 e. The van der Waals surface area contributed by atoms with Crippen molar-refractivity contribution in [3.8, 4) is 5.75 Å². The normalized spacial score (nSPS) is 29.3. The zero-order chi connectivity index (χ0) is 26.3. The third-order valence-corrected chi connectivity index (χ3v) is 10.1. The van der Waals surface area contributed by atoms with Crippen LogP contribution >= 0.6 is 0 Å². The fraction of sp³-hybridized carbons (Fsp3) is 0.654. The van der Waals surface area contributed by atoms with Gasteiger partial charge in [0, 0.05) is 29.5 Å². The molecule has 1 heterocycles. The van der Waals surface area contributed by atoms with Crippen molar-refractivity contribution in [2.45, 2.75) is 78.3 Å². The van der Waals surface area contributed by atoms with Crippen LogP contribution < -0.4 is 15.0 Å². The van der Waals surface area contributed by atoms with E-state index in [0.29, 0.717) is 18.6 Å². The maximum Gasteiger partial charge on any atom is 0.266 e. The lowest BCUT2D eigenvalue weighted by atomic mass is 9.70. The van der Waals surface area contributed by atoms with Crippen molar-refractivity contribution < 1.29 is 27.5 Å². The first-order chi connectivity index (χ1) is 16.9. The molecular weight excluding hydrogens is 482 g/mol. The van der Waals surface area contributed by atoms with E-state index >= 15 is 0 Å². The highest BCUT2D eigenvalue weighted by atomic mass is 32.2. The number of nitrogens with one attached hydrogen (secondary N) is 2. The minimum atomic E-state index is -3.93. The minimum Gasteiger partial charge on any atom is -0.484 e. The van der Waals surface area contributed by atoms with E-state index in [2.05, 4.69) is 10.3 Å². The zero-order valence-corrected chi connectivity index (χ0v) is 22.3. The van der Waals surface area contributed by atoms with Crippen LogP contribution in [-0.2, 0) is 19.6 Å². The number of ether oxygens (including phenoxy) is 1. The van der Waals surface area contributed by atoms with Crippen molar-refractivity contribution in [1.29, 1.82) is 0 Å². The first-order valence-corrected chi connectivity index (χ1v) is 14.4. The van der Waals surface area contributed by atoms with E-state index in [4.69, 9.17) is 4.74 Å². The molecule has 2 amide bonds. The van der Waals surface area contributed by atoms with Gasteiger partial charge in [0.2, 0.25) is 10.0 Å². The number of rotatable bonds is 8. The summed E-state index contributed by atoms with van der Waals surface area (Å²) in [6.07, 6.45) is 4.90. The van der Waals surface area contributed by atoms with Gasteiger partial charge < -0.3 is 9.64 Å². The summed E-state index contributed by atoms with van der Waals surface area (Å²) in [5, 5.41) is 0. The lowest BCUT2D eigenvalue weighted by Gasteiger charge is -2.38. The van der Waals surface area contributed by atoms with Crippen molar-refractivity contribution in [3.63, 3.8) is 0 Å². The largest absolute Gasteiger partial charge is 0.484 e. The van der Waals surface area contributed by atoms with Crippen LogP contribution in [0.15, 0.2) is 24.3 Å². The van der Waals surface area contributed by atoms with E-state index in [9.17, 15) is 22.8 Å². The molecule has 2 N–H and O–H groups in total. The molecule has 1 aromatic carbocycles. The number of carbonyl (C=O) groups excluding carboxylic acids is 3. The van der Waals surface area contributed by atoms with Gasteiger partial charge in [-0.25, -0.2) is 8.42 Å². The molecule has 36 heavy (non-hydrogen) atoms. The van der Waals surface area contributed by atoms with Crippen LogP contribution in [0.4, 0.5) is 0 Å². The fourth-order valence-corrected chi connectivity index (χ4v) is 8.15. The van der Waals surface area contributed by atoms with E-state index in [-0.39, 0.29) is 53.0 Å². The second-order valence-corrected chi connectivity index (χ2v) is 12.9. The third-order valence-electron chi connectivity index (χ3n) is 8.86. The van der Waals surface area contributed by atoms with Gasteiger partial charge in [-0.05, 0) is 81.5 Å². The maximum absolute atomic E-state index is 12.8. The third kappa shape index (κ3) is 4.89. The lowest BCUT2D eigenvalue weighted by Crippen LogP contribution is -2.49. The average molecular weight is 520 g/mol. The Labute approximate surface area is 213 Å². The first kappa shape index (κ1) is 26.6. The molecular formula is C26H37N3O6S. The van der Waals surface area contributed by atoms with Crippen molar-refractivity contribution in [2.75, 3.05) is 12.4 Å². The molecule has 198 valence electrons. The Morgan fingerprint density at radius 3 is 2.28 bits per heavy atom. The highest BCUT2D eigenvalue weighted by Gasteiger charge is 2.65. The number of piperidine rings is 1. The van der Waals surface area contributed by atoms with Crippen molar-refractivity contribution in [1.82, 2.24) is 15.2 Å². The molecule has 2 saturated carbocycles. The number of carbonyl (C=O) groups is 3. The number of sulfonamides is 1. The molecule has 3 aliphatic rings. The van der Waals surface area contributed by atoms with Crippen molar-refractivity contribution >= 4 is 27.6 Å². The Kier molecular flexibility index (Phi) is 7.22.